The van der Waals surface area contributed by atoms with Gasteiger partial charge in [0.25, 0.3) is 17.5 Å². The van der Waals surface area contributed by atoms with Gasteiger partial charge in [0, 0.05) is 17.7 Å². The molecule has 0 saturated carbocycles. The second-order valence-corrected chi connectivity index (χ2v) is 4.78. The van der Waals surface area contributed by atoms with Crippen LogP contribution in [0.3, 0.4) is 0 Å². The predicted molar refractivity (Wildman–Crippen MR) is 77.0 cm³/mol. The van der Waals surface area contributed by atoms with E-state index in [1.807, 2.05) is 5.32 Å². The van der Waals surface area contributed by atoms with E-state index in [-0.39, 0.29) is 11.3 Å². The van der Waals surface area contributed by atoms with Gasteiger partial charge in [-0.05, 0) is 13.0 Å². The van der Waals surface area contributed by atoms with Crippen molar-refractivity contribution >= 4 is 17.5 Å². The number of non-ortho nitro benzene ring substituents is 1. The number of benzene rings is 1. The van der Waals surface area contributed by atoms with Crippen molar-refractivity contribution < 1.29 is 23.3 Å². The molecule has 0 fully saturated rings. The summed E-state index contributed by atoms with van der Waals surface area (Å²) in [4.78, 5) is 33.5. The zero-order valence-corrected chi connectivity index (χ0v) is 12.2. The molecule has 0 aliphatic heterocycles. The van der Waals surface area contributed by atoms with Crippen molar-refractivity contribution in [3.63, 3.8) is 0 Å². The summed E-state index contributed by atoms with van der Waals surface area (Å²) in [5.74, 6) is -4.79. The number of nitro benzene ring substituents is 1. The molecule has 0 aliphatic rings. The number of amides is 2. The molecular formula is C13H16F2N4O4. The molecule has 10 heteroatoms. The molecule has 23 heavy (non-hydrogen) atoms. The van der Waals surface area contributed by atoms with Crippen LogP contribution in [0.15, 0.2) is 24.3 Å². The van der Waals surface area contributed by atoms with Crippen LogP contribution in [0.5, 0.6) is 0 Å². The van der Waals surface area contributed by atoms with Gasteiger partial charge in [0.15, 0.2) is 0 Å². The summed E-state index contributed by atoms with van der Waals surface area (Å²) in [6, 6.07) is 3.80. The molecule has 1 rings (SSSR count). The summed E-state index contributed by atoms with van der Waals surface area (Å²) in [5.41, 5.74) is 4.54. The quantitative estimate of drug-likeness (QED) is 0.493. The zero-order valence-electron chi connectivity index (χ0n) is 12.2. The zero-order chi connectivity index (χ0) is 17.6. The van der Waals surface area contributed by atoms with Gasteiger partial charge in [-0.2, -0.15) is 0 Å². The first-order chi connectivity index (χ1) is 10.7. The Hall–Kier alpha value is -2.62. The lowest BCUT2D eigenvalue weighted by molar-refractivity contribution is -0.384. The van der Waals surface area contributed by atoms with Crippen LogP contribution in [0, 0.1) is 10.1 Å². The fraction of sp³-hybridized carbons (Fsp3) is 0.385. The minimum Gasteiger partial charge on any atom is -0.348 e. The van der Waals surface area contributed by atoms with Gasteiger partial charge in [-0.1, -0.05) is 6.07 Å². The monoisotopic (exact) mass is 330 g/mol. The van der Waals surface area contributed by atoms with Crippen molar-refractivity contribution in [2.45, 2.75) is 18.9 Å². The van der Waals surface area contributed by atoms with Gasteiger partial charge in [-0.3, -0.25) is 19.7 Å². The van der Waals surface area contributed by atoms with E-state index in [2.05, 4.69) is 5.32 Å². The smallest absolute Gasteiger partial charge is 0.277 e. The number of hydrogen-bond acceptors (Lipinski definition) is 5. The number of nitrogens with zero attached hydrogens (tertiary/aromatic N) is 1. The average molecular weight is 330 g/mol. The van der Waals surface area contributed by atoms with Crippen LogP contribution >= 0.6 is 0 Å². The van der Waals surface area contributed by atoms with Crippen LogP contribution in [0.4, 0.5) is 14.5 Å². The van der Waals surface area contributed by atoms with Gasteiger partial charge in [-0.25, -0.2) is 8.78 Å². The third-order valence-corrected chi connectivity index (χ3v) is 2.88. The fourth-order valence-electron chi connectivity index (χ4n) is 1.55. The highest BCUT2D eigenvalue weighted by Gasteiger charge is 2.28. The summed E-state index contributed by atoms with van der Waals surface area (Å²) >= 11 is 0. The summed E-state index contributed by atoms with van der Waals surface area (Å²) in [6.45, 7) is -0.563. The van der Waals surface area contributed by atoms with Crippen molar-refractivity contribution in [2.24, 2.45) is 5.73 Å². The Kier molecular flexibility index (Phi) is 6.08. The second kappa shape index (κ2) is 7.58. The van der Waals surface area contributed by atoms with Gasteiger partial charge in [0.2, 0.25) is 5.91 Å². The standard InChI is InChI=1S/C13H16F2N4O4/c1-8(11(20)17-7-13(14,15)6-16)18-12(21)9-3-2-4-10(5-9)19(22)23/h2-5,8H,6-7,16H2,1H3,(H,17,20)(H,18,21). The highest BCUT2D eigenvalue weighted by Crippen LogP contribution is 2.13. The maximum Gasteiger partial charge on any atom is 0.277 e. The SMILES string of the molecule is CC(NC(=O)c1cccc([N+](=O)[O-])c1)C(=O)NCC(F)(F)CN. The lowest BCUT2D eigenvalue weighted by Gasteiger charge is -2.18. The second-order valence-electron chi connectivity index (χ2n) is 4.78. The van der Waals surface area contributed by atoms with Gasteiger partial charge in [0.05, 0.1) is 18.0 Å². The number of nitrogens with two attached hydrogens (primary N) is 1. The summed E-state index contributed by atoms with van der Waals surface area (Å²) < 4.78 is 25.9. The van der Waals surface area contributed by atoms with Crippen molar-refractivity contribution in [1.29, 1.82) is 0 Å². The van der Waals surface area contributed by atoms with Gasteiger partial charge in [-0.15, -0.1) is 0 Å². The topological polar surface area (TPSA) is 127 Å². The fourth-order valence-corrected chi connectivity index (χ4v) is 1.55. The van der Waals surface area contributed by atoms with Crippen LogP contribution in [-0.2, 0) is 4.79 Å². The van der Waals surface area contributed by atoms with Gasteiger partial charge in [0.1, 0.15) is 6.04 Å². The number of carbonyl (C=O) groups excluding carboxylic acids is 2. The molecule has 1 aromatic carbocycles. The van der Waals surface area contributed by atoms with E-state index < -0.39 is 41.8 Å². The van der Waals surface area contributed by atoms with E-state index in [9.17, 15) is 28.5 Å². The van der Waals surface area contributed by atoms with E-state index in [1.54, 1.807) is 0 Å². The Bertz CT molecular complexity index is 609. The molecular weight excluding hydrogens is 314 g/mol. The number of alkyl halides is 2. The molecule has 0 aromatic heterocycles. The summed E-state index contributed by atoms with van der Waals surface area (Å²) in [7, 11) is 0. The number of halogens is 2. The Labute approximate surface area is 130 Å². The maximum absolute atomic E-state index is 12.9. The molecule has 0 spiro atoms. The van der Waals surface area contributed by atoms with Gasteiger partial charge >= 0.3 is 0 Å². The van der Waals surface area contributed by atoms with E-state index in [1.165, 1.54) is 25.1 Å². The first-order valence-corrected chi connectivity index (χ1v) is 6.57. The number of rotatable bonds is 7. The third kappa shape index (κ3) is 5.58. The largest absolute Gasteiger partial charge is 0.348 e. The molecule has 1 aromatic rings. The predicted octanol–water partition coefficient (Wildman–Crippen LogP) is 0.423. The molecule has 2 amide bonds. The molecule has 4 N–H and O–H groups in total. The van der Waals surface area contributed by atoms with Crippen molar-refractivity contribution in [1.82, 2.24) is 10.6 Å². The van der Waals surface area contributed by atoms with Crippen LogP contribution in [0.2, 0.25) is 0 Å². The number of nitrogens with one attached hydrogen (secondary N) is 2. The summed E-state index contributed by atoms with van der Waals surface area (Å²) in [5, 5.41) is 14.9. The summed E-state index contributed by atoms with van der Waals surface area (Å²) in [6.07, 6.45) is 0. The molecule has 1 unspecified atom stereocenters. The van der Waals surface area contributed by atoms with E-state index in [0.29, 0.717) is 0 Å². The van der Waals surface area contributed by atoms with Crippen molar-refractivity contribution in [3.05, 3.63) is 39.9 Å². The van der Waals surface area contributed by atoms with Crippen LogP contribution in [0.1, 0.15) is 17.3 Å². The van der Waals surface area contributed by atoms with Crippen LogP contribution in [0.25, 0.3) is 0 Å². The molecule has 0 aliphatic carbocycles. The Morgan fingerprint density at radius 3 is 2.65 bits per heavy atom. The molecule has 0 radical (unpaired) electrons. The van der Waals surface area contributed by atoms with Crippen molar-refractivity contribution in [3.8, 4) is 0 Å². The highest BCUT2D eigenvalue weighted by atomic mass is 19.3. The van der Waals surface area contributed by atoms with Gasteiger partial charge < -0.3 is 16.4 Å². The first kappa shape index (κ1) is 18.4. The Morgan fingerprint density at radius 2 is 2.09 bits per heavy atom. The average Bonchev–Trinajstić information content (AvgIpc) is 2.52. The lowest BCUT2D eigenvalue weighted by atomic mass is 10.1. The van der Waals surface area contributed by atoms with Crippen LogP contribution in [-0.4, -0.2) is 41.8 Å². The van der Waals surface area contributed by atoms with E-state index in [0.717, 1.165) is 6.07 Å². The maximum atomic E-state index is 12.9. The van der Waals surface area contributed by atoms with Crippen molar-refractivity contribution in [2.75, 3.05) is 13.1 Å². The van der Waals surface area contributed by atoms with Crippen LogP contribution < -0.4 is 16.4 Å². The van der Waals surface area contributed by atoms with E-state index in [4.69, 9.17) is 5.73 Å². The molecule has 0 bridgehead atoms. The molecule has 126 valence electrons. The molecule has 8 nitrogen and oxygen atoms in total. The number of nitro groups is 1. The first-order valence-electron chi connectivity index (χ1n) is 6.57. The molecule has 0 saturated heterocycles. The third-order valence-electron chi connectivity index (χ3n) is 2.88. The van der Waals surface area contributed by atoms with E-state index >= 15 is 0 Å². The minimum absolute atomic E-state index is 0.0221. The number of hydrogen-bond donors (Lipinski definition) is 3. The molecule has 0 heterocycles. The lowest BCUT2D eigenvalue weighted by Crippen LogP contribution is -2.49. The minimum atomic E-state index is -3.24. The normalized spacial score (nSPS) is 12.3. The number of carbonyl (C=O) groups is 2. The Morgan fingerprint density at radius 1 is 1.43 bits per heavy atom. The Balaban J connectivity index is 2.64. The highest BCUT2D eigenvalue weighted by molar-refractivity contribution is 5.97. The molecule has 1 atom stereocenters.